The molecule has 0 bridgehead atoms. The van der Waals surface area contributed by atoms with Gasteiger partial charge in [0, 0.05) is 11.6 Å². The Morgan fingerprint density at radius 2 is 1.83 bits per heavy atom. The highest BCUT2D eigenvalue weighted by atomic mass is 16.6. The Balaban J connectivity index is 4.11. The summed E-state index contributed by atoms with van der Waals surface area (Å²) in [4.78, 5) is 21.6. The second kappa shape index (κ2) is 5.29. The second-order valence-corrected chi connectivity index (χ2v) is 2.18. The lowest BCUT2D eigenvalue weighted by Crippen LogP contribution is -2.10. The topological polar surface area (TPSA) is 43.4 Å². The molecule has 0 aromatic carbocycles. The first-order valence-electron chi connectivity index (χ1n) is 3.63. The summed E-state index contributed by atoms with van der Waals surface area (Å²) in [5, 5.41) is 0. The molecule has 0 radical (unpaired) electrons. The van der Waals surface area contributed by atoms with Crippen LogP contribution >= 0.6 is 0 Å². The minimum absolute atomic E-state index is 0.424. The molecular weight excluding hydrogens is 156 g/mol. The SMILES string of the molecule is CC=CC(=O)OC(=O)C(C)=CC. The lowest BCUT2D eigenvalue weighted by atomic mass is 10.3. The number of carbonyl (C=O) groups is 2. The van der Waals surface area contributed by atoms with Gasteiger partial charge >= 0.3 is 11.9 Å². The van der Waals surface area contributed by atoms with E-state index in [4.69, 9.17) is 0 Å². The van der Waals surface area contributed by atoms with Gasteiger partial charge in [-0.2, -0.15) is 0 Å². The number of carbonyl (C=O) groups excluding carboxylic acids is 2. The van der Waals surface area contributed by atoms with Crippen molar-refractivity contribution in [1.29, 1.82) is 0 Å². The average molecular weight is 168 g/mol. The molecule has 0 aromatic rings. The molecule has 0 saturated heterocycles. The van der Waals surface area contributed by atoms with Crippen LogP contribution in [0.4, 0.5) is 0 Å². The molecule has 3 heteroatoms. The van der Waals surface area contributed by atoms with Crippen LogP contribution in [0.3, 0.4) is 0 Å². The molecule has 0 spiro atoms. The van der Waals surface area contributed by atoms with Crippen molar-refractivity contribution in [2.45, 2.75) is 20.8 Å². The number of hydrogen-bond acceptors (Lipinski definition) is 3. The van der Waals surface area contributed by atoms with Crippen LogP contribution in [0.5, 0.6) is 0 Å². The molecule has 0 heterocycles. The van der Waals surface area contributed by atoms with Gasteiger partial charge in [-0.05, 0) is 20.8 Å². The number of hydrogen-bond donors (Lipinski definition) is 0. The molecule has 0 aliphatic heterocycles. The Morgan fingerprint density at radius 3 is 2.25 bits per heavy atom. The van der Waals surface area contributed by atoms with Gasteiger partial charge in [0.05, 0.1) is 0 Å². The van der Waals surface area contributed by atoms with Crippen molar-refractivity contribution in [2.24, 2.45) is 0 Å². The summed E-state index contributed by atoms with van der Waals surface area (Å²) in [6.45, 7) is 4.97. The van der Waals surface area contributed by atoms with Gasteiger partial charge in [-0.3, -0.25) is 0 Å². The summed E-state index contributed by atoms with van der Waals surface area (Å²) in [6.07, 6.45) is 4.30. The molecule has 0 aliphatic carbocycles. The molecule has 66 valence electrons. The highest BCUT2D eigenvalue weighted by molar-refractivity contribution is 5.98. The van der Waals surface area contributed by atoms with Crippen molar-refractivity contribution in [3.05, 3.63) is 23.8 Å². The van der Waals surface area contributed by atoms with E-state index in [-0.39, 0.29) is 0 Å². The van der Waals surface area contributed by atoms with Crippen LogP contribution < -0.4 is 0 Å². The van der Waals surface area contributed by atoms with Crippen LogP contribution in [-0.2, 0) is 14.3 Å². The summed E-state index contributed by atoms with van der Waals surface area (Å²) in [5.74, 6) is -1.23. The summed E-state index contributed by atoms with van der Waals surface area (Å²) < 4.78 is 4.41. The zero-order chi connectivity index (χ0) is 9.56. The average Bonchev–Trinajstić information content (AvgIpc) is 2.03. The minimum Gasteiger partial charge on any atom is -0.386 e. The molecular formula is C9H12O3. The molecule has 0 aromatic heterocycles. The largest absolute Gasteiger partial charge is 0.386 e. The first-order valence-corrected chi connectivity index (χ1v) is 3.63. The smallest absolute Gasteiger partial charge is 0.341 e. The van der Waals surface area contributed by atoms with Crippen LogP contribution in [-0.4, -0.2) is 11.9 Å². The van der Waals surface area contributed by atoms with Gasteiger partial charge in [0.25, 0.3) is 0 Å². The van der Waals surface area contributed by atoms with Gasteiger partial charge in [-0.15, -0.1) is 0 Å². The Labute approximate surface area is 71.7 Å². The van der Waals surface area contributed by atoms with Crippen molar-refractivity contribution in [1.82, 2.24) is 0 Å². The van der Waals surface area contributed by atoms with E-state index in [0.29, 0.717) is 5.57 Å². The standard InChI is InChI=1S/C9H12O3/c1-4-6-8(10)12-9(11)7(3)5-2/h4-6H,1-3H3. The third-order valence-electron chi connectivity index (χ3n) is 1.25. The summed E-state index contributed by atoms with van der Waals surface area (Å²) in [5.41, 5.74) is 0.424. The summed E-state index contributed by atoms with van der Waals surface area (Å²) in [6, 6.07) is 0. The lowest BCUT2D eigenvalue weighted by Gasteiger charge is -1.97. The van der Waals surface area contributed by atoms with Crippen molar-refractivity contribution in [3.8, 4) is 0 Å². The zero-order valence-corrected chi connectivity index (χ0v) is 7.46. The zero-order valence-electron chi connectivity index (χ0n) is 7.46. The van der Waals surface area contributed by atoms with Gasteiger partial charge in [0.15, 0.2) is 0 Å². The number of ether oxygens (including phenoxy) is 1. The van der Waals surface area contributed by atoms with Crippen LogP contribution in [0.15, 0.2) is 23.8 Å². The molecule has 0 saturated carbocycles. The van der Waals surface area contributed by atoms with E-state index in [1.807, 2.05) is 0 Å². The van der Waals surface area contributed by atoms with Crippen LogP contribution in [0, 0.1) is 0 Å². The Hall–Kier alpha value is -1.38. The van der Waals surface area contributed by atoms with Gasteiger partial charge in [-0.1, -0.05) is 12.2 Å². The molecule has 0 aliphatic rings. The predicted molar refractivity (Wildman–Crippen MR) is 45.3 cm³/mol. The maximum Gasteiger partial charge on any atom is 0.341 e. The lowest BCUT2D eigenvalue weighted by molar-refractivity contribution is -0.153. The van der Waals surface area contributed by atoms with Crippen molar-refractivity contribution < 1.29 is 14.3 Å². The molecule has 0 fully saturated rings. The fraction of sp³-hybridized carbons (Fsp3) is 0.333. The minimum atomic E-state index is -0.635. The molecule has 0 atom stereocenters. The maximum atomic E-state index is 10.9. The van der Waals surface area contributed by atoms with Gasteiger partial charge in [0.1, 0.15) is 0 Å². The van der Waals surface area contributed by atoms with Crippen molar-refractivity contribution >= 4 is 11.9 Å². The Bertz CT molecular complexity index is 236. The quantitative estimate of drug-likeness (QED) is 0.357. The summed E-state index contributed by atoms with van der Waals surface area (Å²) >= 11 is 0. The second-order valence-electron chi connectivity index (χ2n) is 2.18. The summed E-state index contributed by atoms with van der Waals surface area (Å²) in [7, 11) is 0. The third-order valence-corrected chi connectivity index (χ3v) is 1.25. The predicted octanol–water partition coefficient (Wildman–Crippen LogP) is 1.60. The van der Waals surface area contributed by atoms with Crippen molar-refractivity contribution in [2.75, 3.05) is 0 Å². The fourth-order valence-electron chi connectivity index (χ4n) is 0.460. The maximum absolute atomic E-state index is 10.9. The molecule has 0 unspecified atom stereocenters. The van der Waals surface area contributed by atoms with E-state index in [9.17, 15) is 9.59 Å². The normalized spacial score (nSPS) is 11.8. The van der Waals surface area contributed by atoms with Gasteiger partial charge < -0.3 is 4.74 Å². The molecule has 0 rings (SSSR count). The first kappa shape index (κ1) is 10.6. The third kappa shape index (κ3) is 3.71. The van der Waals surface area contributed by atoms with Gasteiger partial charge in [0.2, 0.25) is 0 Å². The van der Waals surface area contributed by atoms with E-state index in [1.165, 1.54) is 12.2 Å². The van der Waals surface area contributed by atoms with Crippen LogP contribution in [0.25, 0.3) is 0 Å². The van der Waals surface area contributed by atoms with Crippen LogP contribution in [0.2, 0.25) is 0 Å². The number of allylic oxidation sites excluding steroid dienone is 2. The molecule has 12 heavy (non-hydrogen) atoms. The van der Waals surface area contributed by atoms with E-state index >= 15 is 0 Å². The number of esters is 2. The van der Waals surface area contributed by atoms with E-state index in [2.05, 4.69) is 4.74 Å². The molecule has 0 amide bonds. The molecule has 0 N–H and O–H groups in total. The fourth-order valence-corrected chi connectivity index (χ4v) is 0.460. The highest BCUT2D eigenvalue weighted by Gasteiger charge is 2.07. The Kier molecular flexibility index (Phi) is 4.69. The number of rotatable bonds is 2. The van der Waals surface area contributed by atoms with E-state index < -0.39 is 11.9 Å². The van der Waals surface area contributed by atoms with E-state index in [1.54, 1.807) is 26.8 Å². The molecule has 3 nitrogen and oxygen atoms in total. The first-order chi connectivity index (χ1) is 5.61. The van der Waals surface area contributed by atoms with Crippen molar-refractivity contribution in [3.63, 3.8) is 0 Å². The van der Waals surface area contributed by atoms with E-state index in [0.717, 1.165) is 0 Å². The highest BCUT2D eigenvalue weighted by Crippen LogP contribution is 1.96. The Morgan fingerprint density at radius 1 is 1.25 bits per heavy atom. The van der Waals surface area contributed by atoms with Crippen LogP contribution in [0.1, 0.15) is 20.8 Å². The van der Waals surface area contributed by atoms with Gasteiger partial charge in [-0.25, -0.2) is 9.59 Å². The monoisotopic (exact) mass is 168 g/mol.